The molecule has 190 valence electrons. The fourth-order valence-corrected chi connectivity index (χ4v) is 5.21. The van der Waals surface area contributed by atoms with Crippen LogP contribution in [0.4, 0.5) is 0 Å². The monoisotopic (exact) mass is 494 g/mol. The summed E-state index contributed by atoms with van der Waals surface area (Å²) in [6, 6.07) is 4.53. The largest absolute Gasteiger partial charge is 0.491 e. The smallest absolute Gasteiger partial charge is 0.291 e. The molecule has 1 aromatic heterocycles. The van der Waals surface area contributed by atoms with Crippen LogP contribution in [0, 0.1) is 6.92 Å². The maximum absolute atomic E-state index is 13.2. The maximum Gasteiger partial charge on any atom is 0.291 e. The van der Waals surface area contributed by atoms with Crippen molar-refractivity contribution in [2.45, 2.75) is 71.0 Å². The van der Waals surface area contributed by atoms with Gasteiger partial charge in [-0.3, -0.25) is 24.5 Å². The number of carbonyl (C=O) groups excluding carboxylic acids is 4. The van der Waals surface area contributed by atoms with Gasteiger partial charge in [0.2, 0.25) is 17.6 Å². The average molecular weight is 495 g/mol. The minimum absolute atomic E-state index is 0.101. The number of benzene rings is 1. The summed E-state index contributed by atoms with van der Waals surface area (Å²) >= 11 is 0. The molecule has 3 aliphatic heterocycles. The van der Waals surface area contributed by atoms with Gasteiger partial charge in [0.25, 0.3) is 11.8 Å². The van der Waals surface area contributed by atoms with Crippen LogP contribution in [0.1, 0.15) is 77.1 Å². The Labute approximate surface area is 209 Å². The lowest BCUT2D eigenvalue weighted by Crippen LogP contribution is -2.52. The molecule has 2 saturated heterocycles. The lowest BCUT2D eigenvalue weighted by molar-refractivity contribution is -0.136. The summed E-state index contributed by atoms with van der Waals surface area (Å²) in [5.41, 5.74) is 1.92. The number of hydrogen-bond donors (Lipinski definition) is 1. The van der Waals surface area contributed by atoms with Gasteiger partial charge in [0.15, 0.2) is 5.89 Å². The number of piperidine rings is 2. The Morgan fingerprint density at radius 3 is 2.81 bits per heavy atom. The molecule has 0 spiro atoms. The lowest BCUT2D eigenvalue weighted by Gasteiger charge is -2.35. The first kappa shape index (κ1) is 24.0. The third-order valence-corrected chi connectivity index (χ3v) is 7.16. The molecule has 4 amide bonds. The summed E-state index contributed by atoms with van der Waals surface area (Å²) in [6.45, 7) is 4.97. The van der Waals surface area contributed by atoms with Gasteiger partial charge in [-0.15, -0.1) is 0 Å². The van der Waals surface area contributed by atoms with Crippen molar-refractivity contribution in [3.05, 3.63) is 46.7 Å². The number of fused-ring (bicyclic) bond motifs is 1. The average Bonchev–Trinajstić information content (AvgIpc) is 3.41. The molecule has 2 atom stereocenters. The SMILES string of the molecule is CCc1nc(C)c(C(=O)N2CCCC[C@H]2COc2ccc3c(c2)CN(C2CCC(=O)NC2=O)C3=O)o1. The van der Waals surface area contributed by atoms with Crippen molar-refractivity contribution in [3.8, 4) is 5.75 Å². The van der Waals surface area contributed by atoms with Crippen molar-refractivity contribution in [2.75, 3.05) is 13.2 Å². The van der Waals surface area contributed by atoms with Crippen LogP contribution in [0.5, 0.6) is 5.75 Å². The standard InChI is InChI=1S/C26H30N4O6/c1-3-22-27-15(2)23(36-22)26(34)29-11-5-4-6-17(29)14-35-18-7-8-19-16(12-18)13-30(25(19)33)20-9-10-21(31)28-24(20)32/h7-8,12,17,20H,3-6,9-11,13-14H2,1-2H3,(H,28,31,32)/t17-,20?/m0/s1. The first-order valence-electron chi connectivity index (χ1n) is 12.5. The summed E-state index contributed by atoms with van der Waals surface area (Å²) in [6.07, 6.45) is 3.92. The number of rotatable bonds is 6. The van der Waals surface area contributed by atoms with Crippen LogP contribution in [0.15, 0.2) is 22.6 Å². The molecule has 5 rings (SSSR count). The van der Waals surface area contributed by atoms with Gasteiger partial charge < -0.3 is 19.0 Å². The van der Waals surface area contributed by atoms with Crippen LogP contribution in [0.3, 0.4) is 0 Å². The normalized spacial score (nSPS) is 22.0. The van der Waals surface area contributed by atoms with E-state index in [1.165, 1.54) is 4.90 Å². The quantitative estimate of drug-likeness (QED) is 0.612. The van der Waals surface area contributed by atoms with E-state index in [9.17, 15) is 19.2 Å². The Kier molecular flexibility index (Phi) is 6.51. The van der Waals surface area contributed by atoms with Gasteiger partial charge in [0.1, 0.15) is 18.4 Å². The molecule has 4 heterocycles. The number of aromatic nitrogens is 1. The van der Waals surface area contributed by atoms with Crippen LogP contribution in [-0.4, -0.2) is 63.6 Å². The van der Waals surface area contributed by atoms with E-state index in [4.69, 9.17) is 9.15 Å². The molecular formula is C26H30N4O6. The van der Waals surface area contributed by atoms with E-state index >= 15 is 0 Å². The predicted molar refractivity (Wildman–Crippen MR) is 127 cm³/mol. The zero-order valence-electron chi connectivity index (χ0n) is 20.5. The Morgan fingerprint density at radius 2 is 2.06 bits per heavy atom. The number of carbonyl (C=O) groups is 4. The second kappa shape index (κ2) is 9.75. The molecule has 10 nitrogen and oxygen atoms in total. The number of ether oxygens (including phenoxy) is 1. The Hall–Kier alpha value is -3.69. The Balaban J connectivity index is 1.26. The molecule has 36 heavy (non-hydrogen) atoms. The molecule has 3 aliphatic rings. The first-order chi connectivity index (χ1) is 17.4. The molecule has 0 radical (unpaired) electrons. The van der Waals surface area contributed by atoms with E-state index in [1.807, 2.05) is 17.9 Å². The fraction of sp³-hybridized carbons (Fsp3) is 0.500. The van der Waals surface area contributed by atoms with Crippen LogP contribution in [0.2, 0.25) is 0 Å². The van der Waals surface area contributed by atoms with E-state index in [0.717, 1.165) is 24.8 Å². The number of likely N-dealkylation sites (tertiary alicyclic amines) is 1. The van der Waals surface area contributed by atoms with Crippen LogP contribution < -0.4 is 10.1 Å². The van der Waals surface area contributed by atoms with Gasteiger partial charge >= 0.3 is 0 Å². The van der Waals surface area contributed by atoms with Gasteiger partial charge in [0.05, 0.1) is 11.7 Å². The minimum Gasteiger partial charge on any atom is -0.491 e. The topological polar surface area (TPSA) is 122 Å². The van der Waals surface area contributed by atoms with Crippen molar-refractivity contribution in [1.29, 1.82) is 0 Å². The van der Waals surface area contributed by atoms with E-state index in [0.29, 0.717) is 54.7 Å². The molecule has 0 bridgehead atoms. The first-order valence-corrected chi connectivity index (χ1v) is 12.5. The molecule has 1 unspecified atom stereocenters. The number of imide groups is 1. The van der Waals surface area contributed by atoms with Crippen LogP contribution >= 0.6 is 0 Å². The van der Waals surface area contributed by atoms with Crippen molar-refractivity contribution in [1.82, 2.24) is 20.1 Å². The number of hydrogen-bond acceptors (Lipinski definition) is 7. The van der Waals surface area contributed by atoms with Gasteiger partial charge in [-0.2, -0.15) is 0 Å². The maximum atomic E-state index is 13.2. The summed E-state index contributed by atoms with van der Waals surface area (Å²) in [5.74, 6) is 0.336. The summed E-state index contributed by atoms with van der Waals surface area (Å²) < 4.78 is 11.8. The third kappa shape index (κ3) is 4.47. The highest BCUT2D eigenvalue weighted by Crippen LogP contribution is 2.31. The minimum atomic E-state index is -0.651. The Bertz CT molecular complexity index is 1220. The number of nitrogens with zero attached hydrogens (tertiary/aromatic N) is 3. The van der Waals surface area contributed by atoms with E-state index in [2.05, 4.69) is 10.3 Å². The van der Waals surface area contributed by atoms with Crippen molar-refractivity contribution >= 4 is 23.6 Å². The van der Waals surface area contributed by atoms with Crippen molar-refractivity contribution in [2.24, 2.45) is 0 Å². The number of amides is 4. The van der Waals surface area contributed by atoms with Gasteiger partial charge in [-0.05, 0) is 56.4 Å². The number of nitrogens with one attached hydrogen (secondary N) is 1. The fourth-order valence-electron chi connectivity index (χ4n) is 5.21. The molecule has 2 aromatic rings. The highest BCUT2D eigenvalue weighted by atomic mass is 16.5. The predicted octanol–water partition coefficient (Wildman–Crippen LogP) is 2.38. The highest BCUT2D eigenvalue weighted by molar-refractivity contribution is 6.05. The summed E-state index contributed by atoms with van der Waals surface area (Å²) in [5, 5.41) is 2.32. The van der Waals surface area contributed by atoms with Crippen LogP contribution in [0.25, 0.3) is 0 Å². The van der Waals surface area contributed by atoms with E-state index in [-0.39, 0.29) is 36.7 Å². The van der Waals surface area contributed by atoms with E-state index < -0.39 is 11.9 Å². The summed E-state index contributed by atoms with van der Waals surface area (Å²) in [7, 11) is 0. The molecule has 0 aliphatic carbocycles. The molecule has 2 fully saturated rings. The second-order valence-corrected chi connectivity index (χ2v) is 9.55. The highest BCUT2D eigenvalue weighted by Gasteiger charge is 2.39. The zero-order chi connectivity index (χ0) is 25.4. The number of aryl methyl sites for hydroxylation is 2. The van der Waals surface area contributed by atoms with Crippen molar-refractivity contribution < 1.29 is 28.3 Å². The molecule has 1 N–H and O–H groups in total. The third-order valence-electron chi connectivity index (χ3n) is 7.16. The van der Waals surface area contributed by atoms with E-state index in [1.54, 1.807) is 19.1 Å². The molecule has 10 heteroatoms. The molecule has 0 saturated carbocycles. The van der Waals surface area contributed by atoms with Gasteiger partial charge in [-0.1, -0.05) is 6.92 Å². The molecular weight excluding hydrogens is 464 g/mol. The second-order valence-electron chi connectivity index (χ2n) is 9.55. The number of oxazole rings is 1. The summed E-state index contributed by atoms with van der Waals surface area (Å²) in [4.78, 5) is 57.5. The van der Waals surface area contributed by atoms with Gasteiger partial charge in [-0.25, -0.2) is 4.98 Å². The molecule has 1 aromatic carbocycles. The lowest BCUT2D eigenvalue weighted by atomic mass is 10.0. The van der Waals surface area contributed by atoms with Gasteiger partial charge in [0, 0.05) is 31.5 Å². The van der Waals surface area contributed by atoms with Crippen LogP contribution in [-0.2, 0) is 22.6 Å². The zero-order valence-corrected chi connectivity index (χ0v) is 20.5. The Morgan fingerprint density at radius 1 is 1.22 bits per heavy atom. The van der Waals surface area contributed by atoms with Crippen molar-refractivity contribution in [3.63, 3.8) is 0 Å².